The van der Waals surface area contributed by atoms with Crippen molar-refractivity contribution in [3.8, 4) is 0 Å². The van der Waals surface area contributed by atoms with Gasteiger partial charge in [-0.1, -0.05) is 29.3 Å². The number of aryl methyl sites for hydroxylation is 1. The standard InChI is InChI=1S/C14H11Cl2N3O/c1-8-5-9-13(18-8)17-7-19(14(9)20)6-10-11(15)3-2-4-12(10)16/h2-5,7,18H,6H2,1H3. The minimum absolute atomic E-state index is 0.115. The molecule has 20 heavy (non-hydrogen) atoms. The lowest BCUT2D eigenvalue weighted by Crippen LogP contribution is -2.21. The third-order valence-electron chi connectivity index (χ3n) is 3.14. The van der Waals surface area contributed by atoms with Crippen molar-refractivity contribution in [3.63, 3.8) is 0 Å². The molecule has 2 heterocycles. The number of nitrogens with one attached hydrogen (secondary N) is 1. The van der Waals surface area contributed by atoms with Gasteiger partial charge >= 0.3 is 0 Å². The van der Waals surface area contributed by atoms with Crippen molar-refractivity contribution < 1.29 is 0 Å². The van der Waals surface area contributed by atoms with Crippen LogP contribution in [0.15, 0.2) is 35.4 Å². The molecule has 0 spiro atoms. The maximum atomic E-state index is 12.4. The van der Waals surface area contributed by atoms with E-state index in [0.29, 0.717) is 33.2 Å². The van der Waals surface area contributed by atoms with E-state index in [9.17, 15) is 4.79 Å². The first-order valence-electron chi connectivity index (χ1n) is 6.04. The summed E-state index contributed by atoms with van der Waals surface area (Å²) in [6.07, 6.45) is 1.50. The normalized spacial score (nSPS) is 11.2. The van der Waals surface area contributed by atoms with Gasteiger partial charge in [-0.25, -0.2) is 4.98 Å². The fourth-order valence-electron chi connectivity index (χ4n) is 2.14. The number of nitrogens with zero attached hydrogens (tertiary/aromatic N) is 2. The van der Waals surface area contributed by atoms with Gasteiger partial charge in [-0.15, -0.1) is 0 Å². The lowest BCUT2D eigenvalue weighted by Gasteiger charge is -2.09. The van der Waals surface area contributed by atoms with Crippen molar-refractivity contribution in [2.75, 3.05) is 0 Å². The molecular formula is C14H11Cl2N3O. The molecule has 0 aliphatic rings. The second-order valence-electron chi connectivity index (χ2n) is 4.59. The highest BCUT2D eigenvalue weighted by Gasteiger charge is 2.10. The second-order valence-corrected chi connectivity index (χ2v) is 5.41. The summed E-state index contributed by atoms with van der Waals surface area (Å²) in [6, 6.07) is 7.06. The molecule has 0 fully saturated rings. The van der Waals surface area contributed by atoms with E-state index in [-0.39, 0.29) is 5.56 Å². The zero-order valence-corrected chi connectivity index (χ0v) is 12.2. The molecule has 4 nitrogen and oxygen atoms in total. The third kappa shape index (κ3) is 2.21. The molecule has 102 valence electrons. The molecule has 0 radical (unpaired) electrons. The molecular weight excluding hydrogens is 297 g/mol. The monoisotopic (exact) mass is 307 g/mol. The Morgan fingerprint density at radius 1 is 1.30 bits per heavy atom. The molecule has 0 unspecified atom stereocenters. The number of halogens is 2. The Hall–Kier alpha value is -1.78. The average Bonchev–Trinajstić information content (AvgIpc) is 2.78. The van der Waals surface area contributed by atoms with Crippen molar-refractivity contribution >= 4 is 34.2 Å². The van der Waals surface area contributed by atoms with Gasteiger partial charge in [0.1, 0.15) is 12.0 Å². The molecule has 3 rings (SSSR count). The third-order valence-corrected chi connectivity index (χ3v) is 3.85. The van der Waals surface area contributed by atoms with Crippen LogP contribution in [0, 0.1) is 6.92 Å². The van der Waals surface area contributed by atoms with Crippen LogP contribution >= 0.6 is 23.2 Å². The number of aromatic amines is 1. The fraction of sp³-hybridized carbons (Fsp3) is 0.143. The minimum Gasteiger partial charge on any atom is -0.343 e. The summed E-state index contributed by atoms with van der Waals surface area (Å²) in [5, 5.41) is 1.64. The second kappa shape index (κ2) is 4.96. The van der Waals surface area contributed by atoms with E-state index in [0.717, 1.165) is 5.69 Å². The first-order chi connectivity index (χ1) is 9.56. The molecule has 0 aliphatic carbocycles. The van der Waals surface area contributed by atoms with Crippen LogP contribution in [0.2, 0.25) is 10.0 Å². The van der Waals surface area contributed by atoms with E-state index in [4.69, 9.17) is 23.2 Å². The summed E-state index contributed by atoms with van der Waals surface area (Å²) in [4.78, 5) is 19.7. The fourth-order valence-corrected chi connectivity index (χ4v) is 2.66. The minimum atomic E-state index is -0.115. The molecule has 0 aliphatic heterocycles. The van der Waals surface area contributed by atoms with Gasteiger partial charge < -0.3 is 4.98 Å². The van der Waals surface area contributed by atoms with E-state index in [2.05, 4.69) is 9.97 Å². The number of benzene rings is 1. The van der Waals surface area contributed by atoms with Gasteiger partial charge in [-0.3, -0.25) is 9.36 Å². The number of hydrogen-bond donors (Lipinski definition) is 1. The Kier molecular flexibility index (Phi) is 3.28. The molecule has 1 N–H and O–H groups in total. The highest BCUT2D eigenvalue weighted by molar-refractivity contribution is 6.35. The van der Waals surface area contributed by atoms with Crippen LogP contribution in [-0.2, 0) is 6.54 Å². The Morgan fingerprint density at radius 3 is 2.70 bits per heavy atom. The zero-order chi connectivity index (χ0) is 14.3. The van der Waals surface area contributed by atoms with Crippen LogP contribution < -0.4 is 5.56 Å². The maximum absolute atomic E-state index is 12.4. The Labute approximate surface area is 125 Å². The van der Waals surface area contributed by atoms with Crippen molar-refractivity contribution in [3.05, 3.63) is 62.2 Å². The first-order valence-corrected chi connectivity index (χ1v) is 6.79. The van der Waals surface area contributed by atoms with E-state index >= 15 is 0 Å². The number of rotatable bonds is 2. The molecule has 2 aromatic heterocycles. The highest BCUT2D eigenvalue weighted by Crippen LogP contribution is 2.24. The van der Waals surface area contributed by atoms with Crippen LogP contribution in [0.5, 0.6) is 0 Å². The van der Waals surface area contributed by atoms with Gasteiger partial charge in [0.05, 0.1) is 11.9 Å². The molecule has 0 saturated heterocycles. The van der Waals surface area contributed by atoms with E-state index in [1.54, 1.807) is 24.3 Å². The van der Waals surface area contributed by atoms with E-state index < -0.39 is 0 Å². The Balaban J connectivity index is 2.12. The largest absolute Gasteiger partial charge is 0.343 e. The van der Waals surface area contributed by atoms with Gasteiger partial charge in [-0.05, 0) is 25.1 Å². The quantitative estimate of drug-likeness (QED) is 0.789. The molecule has 6 heteroatoms. The van der Waals surface area contributed by atoms with Gasteiger partial charge in [0.25, 0.3) is 5.56 Å². The van der Waals surface area contributed by atoms with Crippen LogP contribution in [0.3, 0.4) is 0 Å². The molecule has 1 aromatic carbocycles. The van der Waals surface area contributed by atoms with E-state index in [1.165, 1.54) is 10.9 Å². The molecule has 0 bridgehead atoms. The SMILES string of the molecule is Cc1cc2c(=O)n(Cc3c(Cl)cccc3Cl)cnc2[nH]1. The summed E-state index contributed by atoms with van der Waals surface area (Å²) in [5.41, 5.74) is 2.09. The summed E-state index contributed by atoms with van der Waals surface area (Å²) < 4.78 is 1.50. The molecule has 0 saturated carbocycles. The average molecular weight is 308 g/mol. The number of H-pyrrole nitrogens is 1. The van der Waals surface area contributed by atoms with Crippen LogP contribution in [-0.4, -0.2) is 14.5 Å². The van der Waals surface area contributed by atoms with Crippen molar-refractivity contribution in [1.29, 1.82) is 0 Å². The first kappa shape index (κ1) is 13.2. The van der Waals surface area contributed by atoms with Crippen LogP contribution in [0.25, 0.3) is 11.0 Å². The van der Waals surface area contributed by atoms with Gasteiger partial charge in [0.15, 0.2) is 0 Å². The highest BCUT2D eigenvalue weighted by atomic mass is 35.5. The lowest BCUT2D eigenvalue weighted by atomic mass is 10.2. The van der Waals surface area contributed by atoms with Gasteiger partial charge in [0, 0.05) is 21.3 Å². The van der Waals surface area contributed by atoms with E-state index in [1.807, 2.05) is 6.92 Å². The molecule has 0 amide bonds. The molecule has 3 aromatic rings. The van der Waals surface area contributed by atoms with Crippen molar-refractivity contribution in [2.24, 2.45) is 0 Å². The maximum Gasteiger partial charge on any atom is 0.263 e. The van der Waals surface area contributed by atoms with Crippen LogP contribution in [0.4, 0.5) is 0 Å². The topological polar surface area (TPSA) is 50.7 Å². The summed E-state index contributed by atoms with van der Waals surface area (Å²) in [6.45, 7) is 2.18. The summed E-state index contributed by atoms with van der Waals surface area (Å²) in [5.74, 6) is 0. The number of hydrogen-bond acceptors (Lipinski definition) is 2. The number of fused-ring (bicyclic) bond motifs is 1. The zero-order valence-electron chi connectivity index (χ0n) is 10.7. The van der Waals surface area contributed by atoms with Crippen molar-refractivity contribution in [1.82, 2.24) is 14.5 Å². The smallest absolute Gasteiger partial charge is 0.263 e. The van der Waals surface area contributed by atoms with Gasteiger partial charge in [0.2, 0.25) is 0 Å². The Bertz CT molecular complexity index is 831. The Morgan fingerprint density at radius 2 is 2.00 bits per heavy atom. The molecule has 0 atom stereocenters. The summed E-state index contributed by atoms with van der Waals surface area (Å²) in [7, 11) is 0. The van der Waals surface area contributed by atoms with Gasteiger partial charge in [-0.2, -0.15) is 0 Å². The van der Waals surface area contributed by atoms with Crippen LogP contribution in [0.1, 0.15) is 11.3 Å². The lowest BCUT2D eigenvalue weighted by molar-refractivity contribution is 0.748. The summed E-state index contributed by atoms with van der Waals surface area (Å²) >= 11 is 12.3. The van der Waals surface area contributed by atoms with Crippen molar-refractivity contribution in [2.45, 2.75) is 13.5 Å². The predicted octanol–water partition coefficient (Wildman–Crippen LogP) is 3.39. The predicted molar refractivity (Wildman–Crippen MR) is 80.7 cm³/mol. The number of aromatic nitrogens is 3.